The topological polar surface area (TPSA) is 29.3 Å². The number of hydrogen-bond acceptors (Lipinski definition) is 2. The van der Waals surface area contributed by atoms with E-state index >= 15 is 0 Å². The van der Waals surface area contributed by atoms with Crippen molar-refractivity contribution in [1.82, 2.24) is 4.90 Å². The number of hydrogen-bond donors (Lipinski definition) is 1. The number of nitrogens with two attached hydrogens (primary N) is 1. The molecule has 100 valence electrons. The van der Waals surface area contributed by atoms with Crippen molar-refractivity contribution >= 4 is 0 Å². The van der Waals surface area contributed by atoms with Gasteiger partial charge in [-0.1, -0.05) is 12.5 Å². The van der Waals surface area contributed by atoms with Crippen molar-refractivity contribution in [3.05, 3.63) is 35.4 Å². The fourth-order valence-electron chi connectivity index (χ4n) is 2.74. The molecule has 1 heterocycles. The van der Waals surface area contributed by atoms with Gasteiger partial charge in [0.15, 0.2) is 11.6 Å². The van der Waals surface area contributed by atoms with Gasteiger partial charge in [0, 0.05) is 12.1 Å². The first-order valence-corrected chi connectivity index (χ1v) is 6.54. The Hall–Kier alpha value is -1.00. The van der Waals surface area contributed by atoms with Crippen LogP contribution < -0.4 is 5.73 Å². The van der Waals surface area contributed by atoms with Gasteiger partial charge in [0.25, 0.3) is 0 Å². The maximum Gasteiger partial charge on any atom is 0.159 e. The Morgan fingerprint density at radius 1 is 1.11 bits per heavy atom. The average molecular weight is 254 g/mol. The SMILES string of the molecule is CC(N)C(c1ccc(F)c(F)c1)N1CCCCC1. The number of likely N-dealkylation sites (tertiary alicyclic amines) is 1. The number of halogens is 2. The van der Waals surface area contributed by atoms with Gasteiger partial charge < -0.3 is 5.73 Å². The van der Waals surface area contributed by atoms with E-state index in [-0.39, 0.29) is 12.1 Å². The molecule has 1 aromatic carbocycles. The van der Waals surface area contributed by atoms with Crippen molar-refractivity contribution < 1.29 is 8.78 Å². The summed E-state index contributed by atoms with van der Waals surface area (Å²) in [4.78, 5) is 2.28. The molecule has 0 bridgehead atoms. The molecule has 0 aliphatic carbocycles. The Morgan fingerprint density at radius 2 is 1.78 bits per heavy atom. The summed E-state index contributed by atoms with van der Waals surface area (Å²) < 4.78 is 26.3. The second kappa shape index (κ2) is 5.76. The van der Waals surface area contributed by atoms with Crippen LogP contribution in [0.5, 0.6) is 0 Å². The molecule has 4 heteroatoms. The van der Waals surface area contributed by atoms with Crippen molar-refractivity contribution in [3.63, 3.8) is 0 Å². The third kappa shape index (κ3) is 2.87. The van der Waals surface area contributed by atoms with Crippen LogP contribution in [0.1, 0.15) is 37.8 Å². The molecular weight excluding hydrogens is 234 g/mol. The van der Waals surface area contributed by atoms with E-state index in [1.54, 1.807) is 6.07 Å². The lowest BCUT2D eigenvalue weighted by molar-refractivity contribution is 0.146. The van der Waals surface area contributed by atoms with Crippen LogP contribution in [0, 0.1) is 11.6 Å². The highest BCUT2D eigenvalue weighted by atomic mass is 19.2. The summed E-state index contributed by atoms with van der Waals surface area (Å²) in [6.45, 7) is 3.87. The van der Waals surface area contributed by atoms with Crippen LogP contribution in [0.3, 0.4) is 0 Å². The quantitative estimate of drug-likeness (QED) is 0.898. The first-order chi connectivity index (χ1) is 8.59. The molecule has 0 spiro atoms. The van der Waals surface area contributed by atoms with Crippen molar-refractivity contribution in [2.75, 3.05) is 13.1 Å². The molecule has 0 amide bonds. The van der Waals surface area contributed by atoms with E-state index in [0.29, 0.717) is 0 Å². The molecule has 1 aliphatic heterocycles. The van der Waals surface area contributed by atoms with Crippen molar-refractivity contribution in [2.45, 2.75) is 38.3 Å². The smallest absolute Gasteiger partial charge is 0.159 e. The average Bonchev–Trinajstić information content (AvgIpc) is 2.35. The molecule has 2 atom stereocenters. The lowest BCUT2D eigenvalue weighted by atomic mass is 9.96. The predicted octanol–water partition coefficient (Wildman–Crippen LogP) is 2.84. The van der Waals surface area contributed by atoms with E-state index in [1.807, 2.05) is 6.92 Å². The van der Waals surface area contributed by atoms with Gasteiger partial charge in [-0.05, 0) is 50.6 Å². The molecule has 2 nitrogen and oxygen atoms in total. The van der Waals surface area contributed by atoms with Crippen LogP contribution >= 0.6 is 0 Å². The van der Waals surface area contributed by atoms with Gasteiger partial charge in [-0.25, -0.2) is 8.78 Å². The number of rotatable bonds is 3. The second-order valence-corrected chi connectivity index (χ2v) is 5.07. The minimum Gasteiger partial charge on any atom is -0.326 e. The highest BCUT2D eigenvalue weighted by Crippen LogP contribution is 2.27. The highest BCUT2D eigenvalue weighted by Gasteiger charge is 2.26. The Labute approximate surface area is 107 Å². The molecular formula is C14H20F2N2. The fourth-order valence-corrected chi connectivity index (χ4v) is 2.74. The Morgan fingerprint density at radius 3 is 2.33 bits per heavy atom. The van der Waals surface area contributed by atoms with Crippen LogP contribution in [0.4, 0.5) is 8.78 Å². The Balaban J connectivity index is 2.25. The summed E-state index contributed by atoms with van der Waals surface area (Å²) in [5, 5.41) is 0. The molecule has 2 unspecified atom stereocenters. The zero-order valence-electron chi connectivity index (χ0n) is 10.7. The predicted molar refractivity (Wildman–Crippen MR) is 68.2 cm³/mol. The molecule has 0 saturated carbocycles. The van der Waals surface area contributed by atoms with Crippen molar-refractivity contribution in [3.8, 4) is 0 Å². The maximum atomic E-state index is 13.3. The number of nitrogens with zero attached hydrogens (tertiary/aromatic N) is 1. The first kappa shape index (κ1) is 13.4. The summed E-state index contributed by atoms with van der Waals surface area (Å²) >= 11 is 0. The van der Waals surface area contributed by atoms with E-state index in [0.717, 1.165) is 31.5 Å². The van der Waals surface area contributed by atoms with E-state index < -0.39 is 11.6 Å². The molecule has 2 N–H and O–H groups in total. The number of benzene rings is 1. The van der Waals surface area contributed by atoms with Gasteiger partial charge in [-0.2, -0.15) is 0 Å². The third-order valence-corrected chi connectivity index (χ3v) is 3.57. The lowest BCUT2D eigenvalue weighted by Gasteiger charge is -2.37. The van der Waals surface area contributed by atoms with Crippen LogP contribution in [0.2, 0.25) is 0 Å². The van der Waals surface area contributed by atoms with E-state index in [9.17, 15) is 8.78 Å². The molecule has 18 heavy (non-hydrogen) atoms. The number of piperidine rings is 1. The molecule has 1 aromatic rings. The second-order valence-electron chi connectivity index (χ2n) is 5.07. The molecule has 0 aromatic heterocycles. The van der Waals surface area contributed by atoms with Crippen LogP contribution in [0.15, 0.2) is 18.2 Å². The third-order valence-electron chi connectivity index (χ3n) is 3.57. The molecule has 2 rings (SSSR count). The van der Waals surface area contributed by atoms with E-state index in [2.05, 4.69) is 4.90 Å². The Kier molecular flexibility index (Phi) is 4.30. The van der Waals surface area contributed by atoms with Crippen molar-refractivity contribution in [1.29, 1.82) is 0 Å². The van der Waals surface area contributed by atoms with E-state index in [1.165, 1.54) is 18.6 Å². The summed E-state index contributed by atoms with van der Waals surface area (Å²) in [7, 11) is 0. The van der Waals surface area contributed by atoms with Gasteiger partial charge in [-0.3, -0.25) is 4.90 Å². The Bertz CT molecular complexity index is 401. The van der Waals surface area contributed by atoms with E-state index in [4.69, 9.17) is 5.73 Å². The van der Waals surface area contributed by atoms with Crippen LogP contribution in [0.25, 0.3) is 0 Å². The minimum atomic E-state index is -0.805. The van der Waals surface area contributed by atoms with Gasteiger partial charge in [0.2, 0.25) is 0 Å². The summed E-state index contributed by atoms with van der Waals surface area (Å²) in [6.07, 6.45) is 3.53. The lowest BCUT2D eigenvalue weighted by Crippen LogP contribution is -2.42. The largest absolute Gasteiger partial charge is 0.326 e. The monoisotopic (exact) mass is 254 g/mol. The summed E-state index contributed by atoms with van der Waals surface area (Å²) in [5.41, 5.74) is 6.80. The summed E-state index contributed by atoms with van der Waals surface area (Å²) in [6, 6.07) is 3.97. The molecule has 0 radical (unpaired) electrons. The van der Waals surface area contributed by atoms with Gasteiger partial charge in [0.05, 0.1) is 0 Å². The highest BCUT2D eigenvalue weighted by molar-refractivity contribution is 5.23. The normalized spacial score (nSPS) is 20.7. The van der Waals surface area contributed by atoms with Gasteiger partial charge >= 0.3 is 0 Å². The zero-order chi connectivity index (χ0) is 13.1. The first-order valence-electron chi connectivity index (χ1n) is 6.54. The van der Waals surface area contributed by atoms with Crippen LogP contribution in [-0.2, 0) is 0 Å². The molecule has 1 fully saturated rings. The molecule has 1 saturated heterocycles. The van der Waals surface area contributed by atoms with Gasteiger partial charge in [-0.15, -0.1) is 0 Å². The van der Waals surface area contributed by atoms with Gasteiger partial charge in [0.1, 0.15) is 0 Å². The molecule has 1 aliphatic rings. The summed E-state index contributed by atoms with van der Waals surface area (Å²) in [5.74, 6) is -1.60. The standard InChI is InChI=1S/C14H20F2N2/c1-10(17)14(18-7-3-2-4-8-18)11-5-6-12(15)13(16)9-11/h5-6,9-10,14H,2-4,7-8,17H2,1H3. The van der Waals surface area contributed by atoms with Crippen LogP contribution in [-0.4, -0.2) is 24.0 Å². The van der Waals surface area contributed by atoms with Crippen molar-refractivity contribution in [2.24, 2.45) is 5.73 Å². The fraction of sp³-hybridized carbons (Fsp3) is 0.571. The maximum absolute atomic E-state index is 13.3. The zero-order valence-corrected chi connectivity index (χ0v) is 10.7. The minimum absolute atomic E-state index is 0.0274.